The Kier molecular flexibility index (Phi) is 4.19. The van der Waals surface area contributed by atoms with Crippen LogP contribution in [-0.4, -0.2) is 48.9 Å². The molecule has 1 saturated heterocycles. The molecule has 0 radical (unpaired) electrons. The predicted molar refractivity (Wildman–Crippen MR) is 68.6 cm³/mol. The monoisotopic (exact) mass is 252 g/mol. The van der Waals surface area contributed by atoms with Gasteiger partial charge in [0.15, 0.2) is 5.96 Å². The fourth-order valence-corrected chi connectivity index (χ4v) is 2.03. The number of nitrogens with two attached hydrogens (primary N) is 1. The number of aliphatic imine (C=N–C) groups is 1. The molecule has 1 fully saturated rings. The third-order valence-corrected chi connectivity index (χ3v) is 3.15. The third-order valence-electron chi connectivity index (χ3n) is 3.15. The highest BCUT2D eigenvalue weighted by atomic mass is 16.5. The summed E-state index contributed by atoms with van der Waals surface area (Å²) in [6, 6.07) is 0. The second-order valence-electron chi connectivity index (χ2n) is 4.39. The zero-order valence-electron chi connectivity index (χ0n) is 11.0. The summed E-state index contributed by atoms with van der Waals surface area (Å²) in [6.45, 7) is 7.61. The molecule has 0 aliphatic carbocycles. The quantitative estimate of drug-likeness (QED) is 0.625. The molecule has 0 atom stereocenters. The van der Waals surface area contributed by atoms with E-state index in [4.69, 9.17) is 15.0 Å². The van der Waals surface area contributed by atoms with Crippen LogP contribution in [0, 0.1) is 13.8 Å². The summed E-state index contributed by atoms with van der Waals surface area (Å²) in [5.41, 5.74) is 8.02. The van der Waals surface area contributed by atoms with Crippen molar-refractivity contribution in [3.63, 3.8) is 0 Å². The zero-order valence-corrected chi connectivity index (χ0v) is 11.0. The van der Waals surface area contributed by atoms with Crippen LogP contribution in [0.5, 0.6) is 0 Å². The van der Waals surface area contributed by atoms with Crippen molar-refractivity contribution in [1.29, 1.82) is 0 Å². The number of morpholine rings is 1. The molecule has 6 nitrogen and oxygen atoms in total. The van der Waals surface area contributed by atoms with E-state index in [0.29, 0.717) is 12.5 Å². The van der Waals surface area contributed by atoms with E-state index >= 15 is 0 Å². The van der Waals surface area contributed by atoms with Crippen molar-refractivity contribution in [1.82, 2.24) is 10.1 Å². The molecular weight excluding hydrogens is 232 g/mol. The minimum atomic E-state index is 0.602. The lowest BCUT2D eigenvalue weighted by Gasteiger charge is -2.27. The van der Waals surface area contributed by atoms with E-state index in [0.717, 1.165) is 49.7 Å². The SMILES string of the molecule is Cc1noc(C)c1CCN=C(N)N1CCOCC1. The van der Waals surface area contributed by atoms with Gasteiger partial charge in [0.2, 0.25) is 0 Å². The van der Waals surface area contributed by atoms with Crippen LogP contribution < -0.4 is 5.73 Å². The summed E-state index contributed by atoms with van der Waals surface area (Å²) in [7, 11) is 0. The van der Waals surface area contributed by atoms with Crippen LogP contribution in [0.1, 0.15) is 17.0 Å². The second kappa shape index (κ2) is 5.86. The lowest BCUT2D eigenvalue weighted by atomic mass is 10.1. The Labute approximate surface area is 107 Å². The Morgan fingerprint density at radius 1 is 1.39 bits per heavy atom. The van der Waals surface area contributed by atoms with Crippen LogP contribution >= 0.6 is 0 Å². The van der Waals surface area contributed by atoms with E-state index in [9.17, 15) is 0 Å². The van der Waals surface area contributed by atoms with Crippen molar-refractivity contribution in [2.24, 2.45) is 10.7 Å². The molecule has 0 bridgehead atoms. The Morgan fingerprint density at radius 3 is 2.72 bits per heavy atom. The van der Waals surface area contributed by atoms with Crippen molar-refractivity contribution in [2.75, 3.05) is 32.8 Å². The Bertz CT molecular complexity index is 402. The smallest absolute Gasteiger partial charge is 0.191 e. The van der Waals surface area contributed by atoms with Crippen molar-refractivity contribution in [3.05, 3.63) is 17.0 Å². The average molecular weight is 252 g/mol. The number of hydrogen-bond acceptors (Lipinski definition) is 4. The van der Waals surface area contributed by atoms with Gasteiger partial charge in [0.25, 0.3) is 0 Å². The lowest BCUT2D eigenvalue weighted by molar-refractivity contribution is 0.0674. The van der Waals surface area contributed by atoms with E-state index in [1.165, 1.54) is 0 Å². The number of nitrogens with zero attached hydrogens (tertiary/aromatic N) is 3. The minimum Gasteiger partial charge on any atom is -0.378 e. The molecule has 2 N–H and O–H groups in total. The molecular formula is C12H20N4O2. The number of hydrogen-bond donors (Lipinski definition) is 1. The van der Waals surface area contributed by atoms with Gasteiger partial charge in [-0.3, -0.25) is 4.99 Å². The van der Waals surface area contributed by atoms with Gasteiger partial charge in [0, 0.05) is 25.2 Å². The molecule has 100 valence electrons. The summed E-state index contributed by atoms with van der Waals surface area (Å²) in [5.74, 6) is 1.47. The molecule has 1 aromatic rings. The maximum absolute atomic E-state index is 5.95. The van der Waals surface area contributed by atoms with Crippen molar-refractivity contribution < 1.29 is 9.26 Å². The average Bonchev–Trinajstić information content (AvgIpc) is 2.71. The van der Waals surface area contributed by atoms with Crippen LogP contribution in [0.15, 0.2) is 9.52 Å². The van der Waals surface area contributed by atoms with Crippen molar-refractivity contribution in [2.45, 2.75) is 20.3 Å². The molecule has 0 unspecified atom stereocenters. The molecule has 0 aromatic carbocycles. The number of rotatable bonds is 3. The first-order chi connectivity index (χ1) is 8.68. The largest absolute Gasteiger partial charge is 0.378 e. The standard InChI is InChI=1S/C12H20N4O2/c1-9-11(10(2)18-15-9)3-4-14-12(13)16-5-7-17-8-6-16/h3-8H2,1-2H3,(H2,13,14). The lowest BCUT2D eigenvalue weighted by Crippen LogP contribution is -2.44. The molecule has 2 rings (SSSR count). The van der Waals surface area contributed by atoms with Crippen molar-refractivity contribution >= 4 is 5.96 Å². The summed E-state index contributed by atoms with van der Waals surface area (Å²) < 4.78 is 10.4. The topological polar surface area (TPSA) is 76.9 Å². The molecule has 1 aliphatic rings. The molecule has 0 spiro atoms. The maximum atomic E-state index is 5.95. The van der Waals surface area contributed by atoms with Gasteiger partial charge in [-0.25, -0.2) is 0 Å². The van der Waals surface area contributed by atoms with E-state index in [-0.39, 0.29) is 0 Å². The van der Waals surface area contributed by atoms with Gasteiger partial charge >= 0.3 is 0 Å². The van der Waals surface area contributed by atoms with Gasteiger partial charge in [0.1, 0.15) is 5.76 Å². The van der Waals surface area contributed by atoms with E-state index in [1.807, 2.05) is 13.8 Å². The first kappa shape index (κ1) is 12.9. The number of guanidine groups is 1. The Balaban J connectivity index is 1.86. The summed E-state index contributed by atoms with van der Waals surface area (Å²) >= 11 is 0. The fourth-order valence-electron chi connectivity index (χ4n) is 2.03. The van der Waals surface area contributed by atoms with Crippen LogP contribution in [0.3, 0.4) is 0 Å². The van der Waals surface area contributed by atoms with Gasteiger partial charge < -0.3 is 19.9 Å². The second-order valence-corrected chi connectivity index (χ2v) is 4.39. The Morgan fingerprint density at radius 2 is 2.11 bits per heavy atom. The van der Waals surface area contributed by atoms with E-state index in [1.54, 1.807) is 0 Å². The first-order valence-electron chi connectivity index (χ1n) is 6.23. The van der Waals surface area contributed by atoms with E-state index < -0.39 is 0 Å². The molecule has 2 heterocycles. The van der Waals surface area contributed by atoms with Crippen LogP contribution in [0.25, 0.3) is 0 Å². The fraction of sp³-hybridized carbons (Fsp3) is 0.667. The predicted octanol–water partition coefficient (Wildman–Crippen LogP) is 0.481. The first-order valence-corrected chi connectivity index (χ1v) is 6.23. The molecule has 1 aromatic heterocycles. The van der Waals surface area contributed by atoms with Gasteiger partial charge in [-0.15, -0.1) is 0 Å². The maximum Gasteiger partial charge on any atom is 0.191 e. The summed E-state index contributed by atoms with van der Waals surface area (Å²) in [6.07, 6.45) is 0.812. The van der Waals surface area contributed by atoms with Gasteiger partial charge in [-0.05, 0) is 20.3 Å². The van der Waals surface area contributed by atoms with Crippen LogP contribution in [0.2, 0.25) is 0 Å². The highest BCUT2D eigenvalue weighted by Crippen LogP contribution is 2.12. The molecule has 6 heteroatoms. The van der Waals surface area contributed by atoms with Gasteiger partial charge in [-0.1, -0.05) is 5.16 Å². The minimum absolute atomic E-state index is 0.602. The highest BCUT2D eigenvalue weighted by molar-refractivity contribution is 5.78. The zero-order chi connectivity index (χ0) is 13.0. The van der Waals surface area contributed by atoms with E-state index in [2.05, 4.69) is 15.0 Å². The molecule has 0 amide bonds. The summed E-state index contributed by atoms with van der Waals surface area (Å²) in [5, 5.41) is 3.92. The van der Waals surface area contributed by atoms with Gasteiger partial charge in [-0.2, -0.15) is 0 Å². The number of ether oxygens (including phenoxy) is 1. The van der Waals surface area contributed by atoms with Crippen LogP contribution in [0.4, 0.5) is 0 Å². The number of aromatic nitrogens is 1. The molecule has 18 heavy (non-hydrogen) atoms. The van der Waals surface area contributed by atoms with Crippen molar-refractivity contribution in [3.8, 4) is 0 Å². The normalized spacial score (nSPS) is 17.2. The van der Waals surface area contributed by atoms with Crippen LogP contribution in [-0.2, 0) is 11.2 Å². The molecule has 0 saturated carbocycles. The highest BCUT2D eigenvalue weighted by Gasteiger charge is 2.12. The molecule has 1 aliphatic heterocycles. The number of aryl methyl sites for hydroxylation is 2. The third kappa shape index (κ3) is 3.01. The van der Waals surface area contributed by atoms with Gasteiger partial charge in [0.05, 0.1) is 18.9 Å². The summed E-state index contributed by atoms with van der Waals surface area (Å²) in [4.78, 5) is 6.45. The Hall–Kier alpha value is -1.56.